The van der Waals surface area contributed by atoms with Gasteiger partial charge in [0.2, 0.25) is 0 Å². The van der Waals surface area contributed by atoms with E-state index >= 15 is 0 Å². The average Bonchev–Trinajstić information content (AvgIpc) is 1.41. The molecule has 0 saturated heterocycles. The van der Waals surface area contributed by atoms with Crippen LogP contribution in [0.15, 0.2) is 0 Å². The summed E-state index contributed by atoms with van der Waals surface area (Å²) in [5, 5.41) is 2.94. The molecule has 0 atom stereocenters. The molecule has 0 aromatic rings. The molecule has 0 bridgehead atoms. The zero-order valence-electron chi connectivity index (χ0n) is 4.73. The van der Waals surface area contributed by atoms with Crippen molar-refractivity contribution in [2.75, 3.05) is 0 Å². The Hall–Kier alpha value is 1.12. The SMILES string of the molecule is C[CH2][Ge][CH2]C.Cl.Cl. The van der Waals surface area contributed by atoms with Crippen molar-refractivity contribution in [1.82, 2.24) is 0 Å². The van der Waals surface area contributed by atoms with Gasteiger partial charge in [-0.05, 0) is 0 Å². The Labute approximate surface area is 64.7 Å². The maximum absolute atomic E-state index is 2.27. The summed E-state index contributed by atoms with van der Waals surface area (Å²) in [4.78, 5) is 0. The molecule has 3 heteroatoms. The Morgan fingerprint density at radius 3 is 1.29 bits per heavy atom. The van der Waals surface area contributed by atoms with E-state index in [2.05, 4.69) is 13.8 Å². The number of rotatable bonds is 2. The van der Waals surface area contributed by atoms with Crippen molar-refractivity contribution in [1.29, 1.82) is 0 Å². The van der Waals surface area contributed by atoms with Crippen LogP contribution in [0, 0.1) is 0 Å². The molecule has 0 saturated carbocycles. The van der Waals surface area contributed by atoms with E-state index in [1.807, 2.05) is 0 Å². The first-order valence-electron chi connectivity index (χ1n) is 2.12. The van der Waals surface area contributed by atoms with E-state index in [-0.39, 0.29) is 24.8 Å². The summed E-state index contributed by atoms with van der Waals surface area (Å²) < 4.78 is 0. The van der Waals surface area contributed by atoms with Crippen LogP contribution in [0.2, 0.25) is 10.5 Å². The molecular weight excluding hydrogens is 192 g/mol. The fraction of sp³-hybridized carbons (Fsp3) is 1.00. The molecule has 0 aromatic carbocycles. The Morgan fingerprint density at radius 1 is 1.00 bits per heavy atom. The topological polar surface area (TPSA) is 0 Å². The smallest absolute Gasteiger partial charge is 0.147 e. The molecule has 0 nitrogen and oxygen atoms in total. The van der Waals surface area contributed by atoms with E-state index in [1.54, 1.807) is 0 Å². The second-order valence-corrected chi connectivity index (χ2v) is 4.97. The number of halogens is 2. The van der Waals surface area contributed by atoms with Gasteiger partial charge in [-0.1, -0.05) is 0 Å². The maximum Gasteiger partial charge on any atom is -0.147 e. The van der Waals surface area contributed by atoms with Gasteiger partial charge in [0.05, 0.1) is 0 Å². The van der Waals surface area contributed by atoms with E-state index in [1.165, 1.54) is 10.5 Å². The summed E-state index contributed by atoms with van der Waals surface area (Å²) in [5.41, 5.74) is 0. The third kappa shape index (κ3) is 19.2. The van der Waals surface area contributed by atoms with Gasteiger partial charge in [0.25, 0.3) is 0 Å². The fourth-order valence-corrected chi connectivity index (χ4v) is 1.30. The predicted molar refractivity (Wildman–Crippen MR) is 41.2 cm³/mol. The molecular formula is C4H12Cl2Ge. The Balaban J connectivity index is -0.0000000800. The summed E-state index contributed by atoms with van der Waals surface area (Å²) in [6.07, 6.45) is 0. The van der Waals surface area contributed by atoms with E-state index in [0.29, 0.717) is 15.4 Å². The van der Waals surface area contributed by atoms with Gasteiger partial charge in [-0.15, -0.1) is 24.8 Å². The normalized spacial score (nSPS) is 6.00. The van der Waals surface area contributed by atoms with Crippen molar-refractivity contribution in [2.45, 2.75) is 24.4 Å². The van der Waals surface area contributed by atoms with Gasteiger partial charge >= 0.3 is 39.8 Å². The van der Waals surface area contributed by atoms with Crippen LogP contribution in [0.5, 0.6) is 0 Å². The van der Waals surface area contributed by atoms with Crippen LogP contribution in [0.4, 0.5) is 0 Å². The molecule has 0 aliphatic carbocycles. The first-order valence-corrected chi connectivity index (χ1v) is 5.09. The maximum atomic E-state index is 2.27. The Morgan fingerprint density at radius 2 is 1.29 bits per heavy atom. The monoisotopic (exact) mass is 204 g/mol. The van der Waals surface area contributed by atoms with Crippen LogP contribution in [-0.2, 0) is 0 Å². The first-order chi connectivity index (χ1) is 2.41. The third-order valence-electron chi connectivity index (χ3n) is 0.500. The quantitative estimate of drug-likeness (QED) is 0.605. The van der Waals surface area contributed by atoms with Gasteiger partial charge in [-0.2, -0.15) is 0 Å². The van der Waals surface area contributed by atoms with E-state index in [9.17, 15) is 0 Å². The van der Waals surface area contributed by atoms with Gasteiger partial charge in [0, 0.05) is 0 Å². The summed E-state index contributed by atoms with van der Waals surface area (Å²) in [7, 11) is 0. The summed E-state index contributed by atoms with van der Waals surface area (Å²) in [5.74, 6) is 0. The van der Waals surface area contributed by atoms with Gasteiger partial charge < -0.3 is 0 Å². The van der Waals surface area contributed by atoms with Crippen molar-refractivity contribution in [3.63, 3.8) is 0 Å². The molecule has 7 heavy (non-hydrogen) atoms. The molecule has 0 unspecified atom stereocenters. The van der Waals surface area contributed by atoms with Crippen LogP contribution in [0.3, 0.4) is 0 Å². The average molecular weight is 204 g/mol. The molecule has 0 aliphatic rings. The van der Waals surface area contributed by atoms with E-state index in [0.717, 1.165) is 0 Å². The van der Waals surface area contributed by atoms with Crippen molar-refractivity contribution < 1.29 is 0 Å². The molecule has 0 aromatic heterocycles. The Kier molecular flexibility index (Phi) is 35.2. The predicted octanol–water partition coefficient (Wildman–Crippen LogP) is 2.41. The van der Waals surface area contributed by atoms with Crippen molar-refractivity contribution >= 4 is 40.2 Å². The molecule has 0 N–H and O–H groups in total. The zero-order valence-corrected chi connectivity index (χ0v) is 8.46. The fourth-order valence-electron chi connectivity index (χ4n) is 0.250. The zero-order chi connectivity index (χ0) is 4.12. The standard InChI is InChI=1S/C4H10Ge.2ClH/c1-3-5-4-2;;/h3-4H2,1-2H3;2*1H. The Bertz CT molecular complexity index is 17.2. The second kappa shape index (κ2) is 15.7. The van der Waals surface area contributed by atoms with Crippen molar-refractivity contribution in [3.8, 4) is 0 Å². The van der Waals surface area contributed by atoms with Crippen LogP contribution in [0.25, 0.3) is 0 Å². The second-order valence-electron chi connectivity index (χ2n) is 0.957. The van der Waals surface area contributed by atoms with Crippen molar-refractivity contribution in [2.24, 2.45) is 0 Å². The molecule has 0 rings (SSSR count). The van der Waals surface area contributed by atoms with Gasteiger partial charge in [0.15, 0.2) is 0 Å². The molecule has 0 amide bonds. The van der Waals surface area contributed by atoms with Gasteiger partial charge in [-0.3, -0.25) is 0 Å². The first kappa shape index (κ1) is 15.7. The molecule has 2 radical (unpaired) electrons. The summed E-state index contributed by atoms with van der Waals surface area (Å²) >= 11 is 0.528. The van der Waals surface area contributed by atoms with Crippen LogP contribution in [-0.4, -0.2) is 15.4 Å². The summed E-state index contributed by atoms with van der Waals surface area (Å²) in [6.45, 7) is 4.53. The minimum Gasteiger partial charge on any atom is -0.147 e. The minimum atomic E-state index is 0. The number of hydrogen-bond acceptors (Lipinski definition) is 0. The van der Waals surface area contributed by atoms with Gasteiger partial charge in [-0.25, -0.2) is 0 Å². The third-order valence-corrected chi connectivity index (χ3v) is 2.60. The molecule has 0 heterocycles. The van der Waals surface area contributed by atoms with Crippen LogP contribution in [0.1, 0.15) is 13.8 Å². The van der Waals surface area contributed by atoms with E-state index < -0.39 is 0 Å². The van der Waals surface area contributed by atoms with Crippen LogP contribution < -0.4 is 0 Å². The van der Waals surface area contributed by atoms with Crippen LogP contribution >= 0.6 is 24.8 Å². The largest absolute Gasteiger partial charge is 0.147 e. The molecule has 0 spiro atoms. The number of hydrogen-bond donors (Lipinski definition) is 0. The minimum absolute atomic E-state index is 0. The molecule has 0 aliphatic heterocycles. The molecule has 0 fully saturated rings. The van der Waals surface area contributed by atoms with E-state index in [4.69, 9.17) is 0 Å². The van der Waals surface area contributed by atoms with Gasteiger partial charge in [0.1, 0.15) is 0 Å². The summed E-state index contributed by atoms with van der Waals surface area (Å²) in [6, 6.07) is 0. The molecule has 46 valence electrons. The van der Waals surface area contributed by atoms with Crippen molar-refractivity contribution in [3.05, 3.63) is 0 Å².